The third-order valence-electron chi connectivity index (χ3n) is 3.89. The van der Waals surface area contributed by atoms with Crippen LogP contribution in [0, 0.1) is 5.92 Å². The molecule has 0 aromatic heterocycles. The van der Waals surface area contributed by atoms with Gasteiger partial charge in [0.05, 0.1) is 0 Å². The summed E-state index contributed by atoms with van der Waals surface area (Å²) in [6.07, 6.45) is 2.67. The van der Waals surface area contributed by atoms with Gasteiger partial charge in [-0.05, 0) is 18.8 Å². The minimum Gasteiger partial charge on any atom is -0.480 e. The number of nitrogens with one attached hydrogen (secondary N) is 1. The van der Waals surface area contributed by atoms with Crippen molar-refractivity contribution in [2.24, 2.45) is 5.92 Å². The maximum atomic E-state index is 12.0. The normalized spacial score (nSPS) is 21.6. The summed E-state index contributed by atoms with van der Waals surface area (Å²) in [6.45, 7) is 3.82. The third kappa shape index (κ3) is 4.35. The molecule has 0 spiro atoms. The third-order valence-corrected chi connectivity index (χ3v) is 3.89. The van der Waals surface area contributed by atoms with Crippen molar-refractivity contribution in [2.75, 3.05) is 39.3 Å². The predicted octanol–water partition coefficient (Wildman–Crippen LogP) is -0.441. The molecule has 7 nitrogen and oxygen atoms in total. The summed E-state index contributed by atoms with van der Waals surface area (Å²) in [6, 6.07) is -1.37. The molecular formula is C13H23N3O4. The molecule has 2 amide bonds. The number of aliphatic hydroxyl groups is 1. The molecular weight excluding hydrogens is 262 g/mol. The quantitative estimate of drug-likeness (QED) is 0.615. The monoisotopic (exact) mass is 285 g/mol. The fraction of sp³-hybridized carbons (Fsp3) is 0.846. The van der Waals surface area contributed by atoms with E-state index in [1.807, 2.05) is 0 Å². The average molecular weight is 285 g/mol. The number of carboxylic acid groups (broad SMARTS) is 1. The highest BCUT2D eigenvalue weighted by Gasteiger charge is 2.29. The number of amides is 2. The lowest BCUT2D eigenvalue weighted by atomic mass is 10.2. The molecule has 0 radical (unpaired) electrons. The maximum Gasteiger partial charge on any atom is 0.326 e. The second-order valence-corrected chi connectivity index (χ2v) is 5.58. The molecule has 1 heterocycles. The van der Waals surface area contributed by atoms with Gasteiger partial charge in [-0.25, -0.2) is 9.59 Å². The number of piperazine rings is 1. The Kier molecular flexibility index (Phi) is 5.19. The van der Waals surface area contributed by atoms with Crippen LogP contribution in [0.5, 0.6) is 0 Å². The summed E-state index contributed by atoms with van der Waals surface area (Å²) in [5, 5.41) is 20.2. The first kappa shape index (κ1) is 15.1. The first-order valence-corrected chi connectivity index (χ1v) is 7.21. The van der Waals surface area contributed by atoms with Crippen molar-refractivity contribution < 1.29 is 19.8 Å². The second kappa shape index (κ2) is 6.90. The molecule has 114 valence electrons. The van der Waals surface area contributed by atoms with Gasteiger partial charge in [0, 0.05) is 45.8 Å². The van der Waals surface area contributed by atoms with Gasteiger partial charge in [-0.15, -0.1) is 0 Å². The Bertz CT molecular complexity index is 352. The van der Waals surface area contributed by atoms with Crippen LogP contribution in [-0.4, -0.2) is 77.4 Å². The highest BCUT2D eigenvalue weighted by molar-refractivity contribution is 5.82. The molecule has 7 heteroatoms. The predicted molar refractivity (Wildman–Crippen MR) is 72.4 cm³/mol. The van der Waals surface area contributed by atoms with Crippen LogP contribution in [0.2, 0.25) is 0 Å². The zero-order valence-corrected chi connectivity index (χ0v) is 11.6. The van der Waals surface area contributed by atoms with Gasteiger partial charge in [-0.1, -0.05) is 0 Å². The molecule has 2 rings (SSSR count). The fourth-order valence-corrected chi connectivity index (χ4v) is 2.43. The molecule has 0 aromatic rings. The first-order chi connectivity index (χ1) is 9.60. The van der Waals surface area contributed by atoms with Crippen LogP contribution in [0.4, 0.5) is 4.79 Å². The molecule has 0 aromatic carbocycles. The summed E-state index contributed by atoms with van der Waals surface area (Å²) < 4.78 is 0. The van der Waals surface area contributed by atoms with Gasteiger partial charge >= 0.3 is 12.0 Å². The van der Waals surface area contributed by atoms with E-state index in [1.165, 1.54) is 12.8 Å². The molecule has 3 N–H and O–H groups in total. The molecule has 0 unspecified atom stereocenters. The van der Waals surface area contributed by atoms with Crippen LogP contribution in [0.3, 0.4) is 0 Å². The van der Waals surface area contributed by atoms with Crippen LogP contribution in [0.1, 0.15) is 19.3 Å². The Morgan fingerprint density at radius 3 is 2.35 bits per heavy atom. The molecule has 1 aliphatic heterocycles. The number of carboxylic acids is 1. The van der Waals surface area contributed by atoms with Crippen LogP contribution in [-0.2, 0) is 4.79 Å². The Labute approximate surface area is 118 Å². The van der Waals surface area contributed by atoms with Crippen molar-refractivity contribution in [1.82, 2.24) is 15.1 Å². The van der Waals surface area contributed by atoms with E-state index in [4.69, 9.17) is 10.2 Å². The highest BCUT2D eigenvalue weighted by Crippen LogP contribution is 2.29. The summed E-state index contributed by atoms with van der Waals surface area (Å²) in [4.78, 5) is 26.9. The zero-order chi connectivity index (χ0) is 14.5. The number of aliphatic carboxylic acids is 1. The lowest BCUT2D eigenvalue weighted by Crippen LogP contribution is -2.54. The number of rotatable bonds is 6. The summed E-state index contributed by atoms with van der Waals surface area (Å²) in [5.74, 6) is -0.268. The van der Waals surface area contributed by atoms with E-state index >= 15 is 0 Å². The lowest BCUT2D eigenvalue weighted by Gasteiger charge is -2.35. The molecule has 0 bridgehead atoms. The highest BCUT2D eigenvalue weighted by atomic mass is 16.4. The minimum atomic E-state index is -1.11. The Morgan fingerprint density at radius 2 is 1.85 bits per heavy atom. The Balaban J connectivity index is 1.73. The molecule has 1 atom stereocenters. The van der Waals surface area contributed by atoms with Gasteiger partial charge in [-0.3, -0.25) is 4.90 Å². The molecule has 1 saturated heterocycles. The van der Waals surface area contributed by atoms with E-state index in [0.717, 1.165) is 25.6 Å². The zero-order valence-electron chi connectivity index (χ0n) is 11.6. The number of carbonyl (C=O) groups excluding carboxylic acids is 1. The van der Waals surface area contributed by atoms with Crippen molar-refractivity contribution in [3.63, 3.8) is 0 Å². The summed E-state index contributed by atoms with van der Waals surface area (Å²) in [5.41, 5.74) is 0. The SMILES string of the molecule is O=C(O)[C@@H](CCO)NC(=O)N1CCN(CC2CC2)CC1. The largest absolute Gasteiger partial charge is 0.480 e. The van der Waals surface area contributed by atoms with Gasteiger partial charge in [0.2, 0.25) is 0 Å². The standard InChI is InChI=1S/C13H23N3O4/c17-8-3-11(12(18)19)14-13(20)16-6-4-15(5-7-16)9-10-1-2-10/h10-11,17H,1-9H2,(H,14,20)(H,18,19)/t11-/m1/s1. The van der Waals surface area contributed by atoms with Gasteiger partial charge in [-0.2, -0.15) is 0 Å². The first-order valence-electron chi connectivity index (χ1n) is 7.21. The molecule has 2 aliphatic rings. The van der Waals surface area contributed by atoms with E-state index in [1.54, 1.807) is 4.90 Å². The smallest absolute Gasteiger partial charge is 0.326 e. The molecule has 2 fully saturated rings. The van der Waals surface area contributed by atoms with Crippen LogP contribution < -0.4 is 5.32 Å². The van der Waals surface area contributed by atoms with Gasteiger partial charge in [0.25, 0.3) is 0 Å². The van der Waals surface area contributed by atoms with Crippen molar-refractivity contribution >= 4 is 12.0 Å². The van der Waals surface area contributed by atoms with Gasteiger partial charge in [0.15, 0.2) is 0 Å². The van der Waals surface area contributed by atoms with Crippen molar-refractivity contribution in [3.8, 4) is 0 Å². The van der Waals surface area contributed by atoms with E-state index in [-0.39, 0.29) is 19.1 Å². The lowest BCUT2D eigenvalue weighted by molar-refractivity contribution is -0.139. The van der Waals surface area contributed by atoms with Gasteiger partial charge in [0.1, 0.15) is 6.04 Å². The number of aliphatic hydroxyl groups excluding tert-OH is 1. The topological polar surface area (TPSA) is 93.1 Å². The summed E-state index contributed by atoms with van der Waals surface area (Å²) in [7, 11) is 0. The van der Waals surface area contributed by atoms with E-state index in [9.17, 15) is 9.59 Å². The maximum absolute atomic E-state index is 12.0. The number of nitrogens with zero attached hydrogens (tertiary/aromatic N) is 2. The van der Waals surface area contributed by atoms with E-state index < -0.39 is 12.0 Å². The average Bonchev–Trinajstić information content (AvgIpc) is 3.22. The van der Waals surface area contributed by atoms with Gasteiger partial charge < -0.3 is 20.4 Å². The molecule has 20 heavy (non-hydrogen) atoms. The summed E-state index contributed by atoms with van der Waals surface area (Å²) >= 11 is 0. The fourth-order valence-electron chi connectivity index (χ4n) is 2.43. The number of hydrogen-bond acceptors (Lipinski definition) is 4. The van der Waals surface area contributed by atoms with E-state index in [0.29, 0.717) is 13.1 Å². The van der Waals surface area contributed by atoms with Crippen LogP contribution in [0.15, 0.2) is 0 Å². The van der Waals surface area contributed by atoms with Crippen molar-refractivity contribution in [2.45, 2.75) is 25.3 Å². The van der Waals surface area contributed by atoms with Crippen LogP contribution in [0.25, 0.3) is 0 Å². The second-order valence-electron chi connectivity index (χ2n) is 5.58. The number of carbonyl (C=O) groups is 2. The van der Waals surface area contributed by atoms with Crippen molar-refractivity contribution in [1.29, 1.82) is 0 Å². The van der Waals surface area contributed by atoms with E-state index in [2.05, 4.69) is 10.2 Å². The minimum absolute atomic E-state index is 0.0305. The Morgan fingerprint density at radius 1 is 1.20 bits per heavy atom. The Hall–Kier alpha value is -1.34. The van der Waals surface area contributed by atoms with Crippen LogP contribution >= 0.6 is 0 Å². The number of hydrogen-bond donors (Lipinski definition) is 3. The van der Waals surface area contributed by atoms with Crippen molar-refractivity contribution in [3.05, 3.63) is 0 Å². The molecule has 1 aliphatic carbocycles. The number of urea groups is 1. The molecule has 1 saturated carbocycles.